The molecule has 1 nitrogen and oxygen atoms in total. The Morgan fingerprint density at radius 2 is 2.20 bits per heavy atom. The van der Waals surface area contributed by atoms with Gasteiger partial charge in [-0.25, -0.2) is 0 Å². The van der Waals surface area contributed by atoms with Gasteiger partial charge in [0.05, 0.1) is 0 Å². The van der Waals surface area contributed by atoms with Gasteiger partial charge in [0.2, 0.25) is 0 Å². The van der Waals surface area contributed by atoms with E-state index in [4.69, 9.17) is 0 Å². The molecule has 0 radical (unpaired) electrons. The average Bonchev–Trinajstić information content (AvgIpc) is 2.29. The molecule has 1 aromatic carbocycles. The smallest absolute Gasteiger partial charge is 0.0208 e. The summed E-state index contributed by atoms with van der Waals surface area (Å²) < 4.78 is 0. The highest BCUT2D eigenvalue weighted by molar-refractivity contribution is 5.35. The molecule has 15 heavy (non-hydrogen) atoms. The molecular formula is C14H21N. The molecule has 2 rings (SSSR count). The lowest BCUT2D eigenvalue weighted by molar-refractivity contribution is 0.633. The maximum absolute atomic E-state index is 3.44. The van der Waals surface area contributed by atoms with Crippen LogP contribution in [0.1, 0.15) is 49.3 Å². The number of hydrogen-bond acceptors (Lipinski definition) is 1. The first-order chi connectivity index (χ1) is 7.31. The second kappa shape index (κ2) is 4.80. The molecular weight excluding hydrogens is 182 g/mol. The highest BCUT2D eigenvalue weighted by atomic mass is 14.9. The fourth-order valence-corrected chi connectivity index (χ4v) is 2.41. The minimum absolute atomic E-state index is 0.710. The summed E-state index contributed by atoms with van der Waals surface area (Å²) >= 11 is 0. The van der Waals surface area contributed by atoms with Crippen LogP contribution in [-0.4, -0.2) is 6.54 Å². The van der Waals surface area contributed by atoms with E-state index in [-0.39, 0.29) is 0 Å². The molecule has 0 aromatic heterocycles. The van der Waals surface area contributed by atoms with Crippen molar-refractivity contribution in [2.75, 3.05) is 6.54 Å². The van der Waals surface area contributed by atoms with E-state index in [1.807, 2.05) is 0 Å². The summed E-state index contributed by atoms with van der Waals surface area (Å²) in [5, 5.41) is 3.44. The maximum Gasteiger partial charge on any atom is 0.0208 e. The van der Waals surface area contributed by atoms with Gasteiger partial charge in [0.1, 0.15) is 0 Å². The second-order valence-corrected chi connectivity index (χ2v) is 4.64. The van der Waals surface area contributed by atoms with Crippen molar-refractivity contribution in [2.45, 2.75) is 45.6 Å². The van der Waals surface area contributed by atoms with E-state index in [9.17, 15) is 0 Å². The van der Waals surface area contributed by atoms with Crippen LogP contribution in [0.2, 0.25) is 0 Å². The van der Waals surface area contributed by atoms with Gasteiger partial charge in [0.15, 0.2) is 0 Å². The molecule has 1 aliphatic rings. The summed E-state index contributed by atoms with van der Waals surface area (Å²) in [5.41, 5.74) is 4.57. The van der Waals surface area contributed by atoms with Crippen molar-refractivity contribution < 1.29 is 0 Å². The average molecular weight is 203 g/mol. The molecule has 0 spiro atoms. The minimum atomic E-state index is 0.710. The topological polar surface area (TPSA) is 12.0 Å². The maximum atomic E-state index is 3.44. The third-order valence-corrected chi connectivity index (χ3v) is 3.41. The highest BCUT2D eigenvalue weighted by Crippen LogP contribution is 2.24. The van der Waals surface area contributed by atoms with E-state index in [0.717, 1.165) is 13.1 Å². The van der Waals surface area contributed by atoms with Crippen LogP contribution in [0.5, 0.6) is 0 Å². The number of benzene rings is 1. The van der Waals surface area contributed by atoms with E-state index in [0.29, 0.717) is 5.92 Å². The van der Waals surface area contributed by atoms with Gasteiger partial charge in [-0.15, -0.1) is 0 Å². The van der Waals surface area contributed by atoms with Gasteiger partial charge in [-0.3, -0.25) is 0 Å². The largest absolute Gasteiger partial charge is 0.312 e. The van der Waals surface area contributed by atoms with Crippen molar-refractivity contribution in [1.82, 2.24) is 5.32 Å². The van der Waals surface area contributed by atoms with Crippen molar-refractivity contribution in [3.8, 4) is 0 Å². The molecule has 82 valence electrons. The predicted octanol–water partition coefficient (Wildman–Crippen LogP) is 3.24. The van der Waals surface area contributed by atoms with Gasteiger partial charge in [-0.2, -0.15) is 0 Å². The van der Waals surface area contributed by atoms with E-state index >= 15 is 0 Å². The zero-order valence-electron chi connectivity index (χ0n) is 9.84. The van der Waals surface area contributed by atoms with E-state index in [1.165, 1.54) is 30.4 Å². The molecule has 1 atom stereocenters. The molecule has 0 saturated carbocycles. The summed E-state index contributed by atoms with van der Waals surface area (Å²) in [4.78, 5) is 0. The van der Waals surface area contributed by atoms with Gasteiger partial charge < -0.3 is 5.32 Å². The monoisotopic (exact) mass is 203 g/mol. The van der Waals surface area contributed by atoms with Crippen LogP contribution in [0, 0.1) is 0 Å². The molecule has 1 unspecified atom stereocenters. The fourth-order valence-electron chi connectivity index (χ4n) is 2.41. The number of fused-ring (bicyclic) bond motifs is 1. The van der Waals surface area contributed by atoms with Crippen molar-refractivity contribution >= 4 is 0 Å². The van der Waals surface area contributed by atoms with Crippen LogP contribution in [0.15, 0.2) is 18.2 Å². The first-order valence-corrected chi connectivity index (χ1v) is 6.13. The van der Waals surface area contributed by atoms with Crippen LogP contribution in [0.3, 0.4) is 0 Å². The molecule has 1 aromatic rings. The normalized spacial score (nSPS) is 17.2. The van der Waals surface area contributed by atoms with Crippen molar-refractivity contribution in [1.29, 1.82) is 0 Å². The Morgan fingerprint density at radius 1 is 1.33 bits per heavy atom. The van der Waals surface area contributed by atoms with Crippen LogP contribution in [0.4, 0.5) is 0 Å². The Morgan fingerprint density at radius 3 is 3.00 bits per heavy atom. The summed E-state index contributed by atoms with van der Waals surface area (Å²) in [6, 6.07) is 7.06. The molecule has 0 saturated heterocycles. The van der Waals surface area contributed by atoms with Gasteiger partial charge in [-0.05, 0) is 42.0 Å². The Balaban J connectivity index is 2.20. The Kier molecular flexibility index (Phi) is 3.42. The van der Waals surface area contributed by atoms with Gasteiger partial charge in [-0.1, -0.05) is 38.5 Å². The lowest BCUT2D eigenvalue weighted by atomic mass is 9.91. The molecule has 0 bridgehead atoms. The number of hydrogen-bond donors (Lipinski definition) is 1. The molecule has 0 aliphatic carbocycles. The lowest BCUT2D eigenvalue weighted by Crippen LogP contribution is -2.23. The fraction of sp³-hybridized carbons (Fsp3) is 0.571. The number of nitrogens with one attached hydrogen (secondary N) is 1. The van der Waals surface area contributed by atoms with Crippen LogP contribution in [0.25, 0.3) is 0 Å². The van der Waals surface area contributed by atoms with Crippen molar-refractivity contribution in [3.05, 3.63) is 34.9 Å². The Bertz CT molecular complexity index is 330. The summed E-state index contributed by atoms with van der Waals surface area (Å²) in [7, 11) is 0. The van der Waals surface area contributed by atoms with Gasteiger partial charge in [0.25, 0.3) is 0 Å². The quantitative estimate of drug-likeness (QED) is 0.795. The molecule has 0 fully saturated rings. The molecule has 0 amide bonds. The zero-order valence-corrected chi connectivity index (χ0v) is 9.84. The summed E-state index contributed by atoms with van der Waals surface area (Å²) in [5.74, 6) is 0.710. The van der Waals surface area contributed by atoms with Crippen LogP contribution < -0.4 is 5.32 Å². The third kappa shape index (κ3) is 2.40. The van der Waals surface area contributed by atoms with E-state index in [1.54, 1.807) is 5.56 Å². The summed E-state index contributed by atoms with van der Waals surface area (Å²) in [6.45, 7) is 6.79. The lowest BCUT2D eigenvalue weighted by Gasteiger charge is -2.19. The molecule has 1 heterocycles. The Hall–Kier alpha value is -0.820. The van der Waals surface area contributed by atoms with E-state index < -0.39 is 0 Å². The number of rotatable bonds is 3. The first kappa shape index (κ1) is 10.7. The summed E-state index contributed by atoms with van der Waals surface area (Å²) in [6.07, 6.45) is 3.76. The highest BCUT2D eigenvalue weighted by Gasteiger charge is 2.11. The molecule has 1 aliphatic heterocycles. The predicted molar refractivity (Wildman–Crippen MR) is 65.2 cm³/mol. The second-order valence-electron chi connectivity index (χ2n) is 4.64. The SMILES string of the molecule is CCCC(C)c1ccc2c(c1)CNCC2. The first-order valence-electron chi connectivity index (χ1n) is 6.13. The van der Waals surface area contributed by atoms with Gasteiger partial charge in [0, 0.05) is 6.54 Å². The Labute approximate surface area is 92.9 Å². The van der Waals surface area contributed by atoms with E-state index in [2.05, 4.69) is 37.4 Å². The molecule has 1 heteroatoms. The van der Waals surface area contributed by atoms with Crippen molar-refractivity contribution in [2.24, 2.45) is 0 Å². The van der Waals surface area contributed by atoms with Crippen LogP contribution >= 0.6 is 0 Å². The van der Waals surface area contributed by atoms with Crippen LogP contribution in [-0.2, 0) is 13.0 Å². The standard InChI is InChI=1S/C14H21N/c1-3-4-11(2)13-6-5-12-7-8-15-10-14(12)9-13/h5-6,9,11,15H,3-4,7-8,10H2,1-2H3. The minimum Gasteiger partial charge on any atom is -0.312 e. The zero-order chi connectivity index (χ0) is 10.7. The third-order valence-electron chi connectivity index (χ3n) is 3.41. The molecule has 1 N–H and O–H groups in total. The van der Waals surface area contributed by atoms with Crippen molar-refractivity contribution in [3.63, 3.8) is 0 Å². The van der Waals surface area contributed by atoms with Gasteiger partial charge >= 0.3 is 0 Å².